The zero-order valence-electron chi connectivity index (χ0n) is 38.6. The minimum atomic E-state index is -0.553. The molecule has 336 valence electrons. The normalized spacial score (nSPS) is 12.7. The summed E-state index contributed by atoms with van der Waals surface area (Å²) < 4.78 is 17.3. The maximum absolute atomic E-state index is 12.7. The van der Waals surface area contributed by atoms with Crippen LogP contribution in [0.2, 0.25) is 0 Å². The van der Waals surface area contributed by atoms with Gasteiger partial charge >= 0.3 is 11.9 Å². The van der Waals surface area contributed by atoms with Gasteiger partial charge in [0, 0.05) is 19.4 Å². The number of carbonyl (C=O) groups excluding carboxylic acids is 2. The largest absolute Gasteiger partial charge is 0.462 e. The van der Waals surface area contributed by atoms with Crippen LogP contribution < -0.4 is 0 Å². The molecule has 0 saturated heterocycles. The lowest BCUT2D eigenvalue weighted by molar-refractivity contribution is -0.163. The summed E-state index contributed by atoms with van der Waals surface area (Å²) in [6.07, 6.45) is 60.9. The van der Waals surface area contributed by atoms with Crippen molar-refractivity contribution in [2.75, 3.05) is 19.8 Å². The molecule has 58 heavy (non-hydrogen) atoms. The quantitative estimate of drug-likeness (QED) is 0.0348. The second-order valence-electron chi connectivity index (χ2n) is 16.4. The molecular weight excluding hydrogens is 717 g/mol. The summed E-state index contributed by atoms with van der Waals surface area (Å²) in [5.74, 6) is -0.458. The van der Waals surface area contributed by atoms with Crippen LogP contribution in [-0.2, 0) is 23.8 Å². The number of ether oxygens (including phenoxy) is 3. The molecule has 0 aromatic rings. The molecule has 0 aliphatic rings. The molecule has 0 saturated carbocycles. The van der Waals surface area contributed by atoms with Gasteiger partial charge in [0.15, 0.2) is 6.10 Å². The highest BCUT2D eigenvalue weighted by molar-refractivity contribution is 5.70. The Bertz CT molecular complexity index is 1010. The topological polar surface area (TPSA) is 61.8 Å². The van der Waals surface area contributed by atoms with Crippen molar-refractivity contribution in [3.05, 3.63) is 60.8 Å². The molecule has 0 aliphatic carbocycles. The number of hydrogen-bond acceptors (Lipinski definition) is 5. The van der Waals surface area contributed by atoms with Crippen LogP contribution >= 0.6 is 0 Å². The Labute approximate surface area is 360 Å². The lowest BCUT2D eigenvalue weighted by Gasteiger charge is -2.18. The number of hydrogen-bond donors (Lipinski definition) is 0. The van der Waals surface area contributed by atoms with E-state index in [1.807, 2.05) is 0 Å². The molecule has 1 unspecified atom stereocenters. The first-order chi connectivity index (χ1) is 28.6. The van der Waals surface area contributed by atoms with Gasteiger partial charge in [-0.15, -0.1) is 0 Å². The van der Waals surface area contributed by atoms with Crippen LogP contribution in [0.3, 0.4) is 0 Å². The van der Waals surface area contributed by atoms with Gasteiger partial charge in [0.2, 0.25) is 0 Å². The van der Waals surface area contributed by atoms with Crippen molar-refractivity contribution < 1.29 is 23.8 Å². The molecule has 0 aliphatic heterocycles. The molecule has 5 heteroatoms. The summed E-state index contributed by atoms with van der Waals surface area (Å²) in [7, 11) is 0. The lowest BCUT2D eigenvalue weighted by Crippen LogP contribution is -2.30. The van der Waals surface area contributed by atoms with Gasteiger partial charge in [-0.25, -0.2) is 0 Å². The molecule has 0 aromatic carbocycles. The van der Waals surface area contributed by atoms with Gasteiger partial charge in [0.1, 0.15) is 6.61 Å². The van der Waals surface area contributed by atoms with E-state index >= 15 is 0 Å². The second-order valence-corrected chi connectivity index (χ2v) is 16.4. The van der Waals surface area contributed by atoms with Crippen molar-refractivity contribution in [3.63, 3.8) is 0 Å². The second kappa shape index (κ2) is 49.0. The molecular formula is C53H94O5. The van der Waals surface area contributed by atoms with Gasteiger partial charge in [-0.05, 0) is 57.8 Å². The molecule has 5 nitrogen and oxygen atoms in total. The van der Waals surface area contributed by atoms with E-state index in [2.05, 4.69) is 81.5 Å². The first kappa shape index (κ1) is 55.6. The highest BCUT2D eigenvalue weighted by Gasteiger charge is 2.17. The zero-order chi connectivity index (χ0) is 42.1. The number of carbonyl (C=O) groups is 2. The fourth-order valence-corrected chi connectivity index (χ4v) is 6.90. The monoisotopic (exact) mass is 811 g/mol. The Hall–Kier alpha value is -2.40. The number of esters is 2. The molecule has 0 fully saturated rings. The van der Waals surface area contributed by atoms with Crippen molar-refractivity contribution >= 4 is 11.9 Å². The van der Waals surface area contributed by atoms with E-state index in [9.17, 15) is 9.59 Å². The average Bonchev–Trinajstić information content (AvgIpc) is 3.22. The fourth-order valence-electron chi connectivity index (χ4n) is 6.90. The Morgan fingerprint density at radius 2 is 0.776 bits per heavy atom. The third-order valence-electron chi connectivity index (χ3n) is 10.6. The maximum Gasteiger partial charge on any atom is 0.306 e. The molecule has 0 rings (SSSR count). The molecule has 0 heterocycles. The summed E-state index contributed by atoms with van der Waals surface area (Å²) in [5, 5.41) is 0. The molecule has 0 N–H and O–H groups in total. The molecule has 0 amide bonds. The third kappa shape index (κ3) is 46.3. The number of rotatable bonds is 45. The van der Waals surface area contributed by atoms with Crippen LogP contribution in [0, 0.1) is 0 Å². The standard InChI is InChI=1S/C53H94O5/c1-4-7-10-13-16-19-21-23-25-27-29-31-33-35-37-40-43-46-52(54)57-50-51(49-56-48-45-42-39-18-15-12-9-6-3)58-53(55)47-44-41-38-36-34-32-30-28-26-24-22-20-17-14-11-8-5-2/h7,10,16,19,23,25,29,31,35,37,51H,4-6,8-9,11-15,17-18,20-22,24,26-28,30,32-34,36,38-50H2,1-3H3/b10-7-,19-16-,25-23-,31-29-,37-35-. The van der Waals surface area contributed by atoms with Crippen LogP contribution in [0.5, 0.6) is 0 Å². The first-order valence-electron chi connectivity index (χ1n) is 24.8. The molecule has 0 bridgehead atoms. The van der Waals surface area contributed by atoms with Crippen molar-refractivity contribution in [1.82, 2.24) is 0 Å². The Balaban J connectivity index is 4.24. The highest BCUT2D eigenvalue weighted by atomic mass is 16.6. The van der Waals surface area contributed by atoms with Crippen LogP contribution in [0.1, 0.15) is 239 Å². The average molecular weight is 811 g/mol. The number of allylic oxidation sites excluding steroid dienone is 10. The molecule has 0 spiro atoms. The first-order valence-corrected chi connectivity index (χ1v) is 24.8. The summed E-state index contributed by atoms with van der Waals surface area (Å²) in [5.41, 5.74) is 0. The van der Waals surface area contributed by atoms with Gasteiger partial charge in [-0.3, -0.25) is 9.59 Å². The van der Waals surface area contributed by atoms with E-state index in [-0.39, 0.29) is 25.2 Å². The Morgan fingerprint density at radius 1 is 0.397 bits per heavy atom. The highest BCUT2D eigenvalue weighted by Crippen LogP contribution is 2.15. The SMILES string of the molecule is CC/C=C\C/C=C\C/C=C\C/C=C\C/C=C\CCCC(=O)OCC(COCCCCCCCCCC)OC(=O)CCCCCCCCCCCCCCCCCCC. The predicted octanol–water partition coefficient (Wildman–Crippen LogP) is 16.6. The van der Waals surface area contributed by atoms with Gasteiger partial charge in [0.05, 0.1) is 6.61 Å². The number of unbranched alkanes of at least 4 members (excludes halogenated alkanes) is 24. The van der Waals surface area contributed by atoms with Gasteiger partial charge in [-0.2, -0.15) is 0 Å². The van der Waals surface area contributed by atoms with E-state index in [1.165, 1.54) is 135 Å². The van der Waals surface area contributed by atoms with Crippen molar-refractivity contribution in [2.24, 2.45) is 0 Å². The lowest BCUT2D eigenvalue weighted by atomic mass is 10.0. The van der Waals surface area contributed by atoms with E-state index in [0.29, 0.717) is 19.4 Å². The van der Waals surface area contributed by atoms with Gasteiger partial charge in [0.25, 0.3) is 0 Å². The van der Waals surface area contributed by atoms with E-state index < -0.39 is 6.10 Å². The smallest absolute Gasteiger partial charge is 0.306 e. The van der Waals surface area contributed by atoms with Crippen molar-refractivity contribution in [2.45, 2.75) is 245 Å². The minimum absolute atomic E-state index is 0.0583. The van der Waals surface area contributed by atoms with Crippen molar-refractivity contribution in [1.29, 1.82) is 0 Å². The third-order valence-corrected chi connectivity index (χ3v) is 10.6. The van der Waals surface area contributed by atoms with Crippen LogP contribution in [0.15, 0.2) is 60.8 Å². The van der Waals surface area contributed by atoms with Gasteiger partial charge < -0.3 is 14.2 Å². The molecule has 0 radical (unpaired) electrons. The van der Waals surface area contributed by atoms with E-state index in [1.54, 1.807) is 0 Å². The zero-order valence-corrected chi connectivity index (χ0v) is 38.6. The predicted molar refractivity (Wildman–Crippen MR) is 251 cm³/mol. The van der Waals surface area contributed by atoms with Gasteiger partial charge in [-0.1, -0.05) is 229 Å². The van der Waals surface area contributed by atoms with Crippen LogP contribution in [-0.4, -0.2) is 37.9 Å². The van der Waals surface area contributed by atoms with Crippen LogP contribution in [0.4, 0.5) is 0 Å². The molecule has 0 aromatic heterocycles. The fraction of sp³-hybridized carbons (Fsp3) is 0.774. The van der Waals surface area contributed by atoms with E-state index in [4.69, 9.17) is 14.2 Å². The molecule has 1 atom stereocenters. The van der Waals surface area contributed by atoms with Crippen molar-refractivity contribution in [3.8, 4) is 0 Å². The minimum Gasteiger partial charge on any atom is -0.462 e. The summed E-state index contributed by atoms with van der Waals surface area (Å²) in [4.78, 5) is 25.3. The maximum atomic E-state index is 12.7. The van der Waals surface area contributed by atoms with E-state index in [0.717, 1.165) is 70.6 Å². The Morgan fingerprint density at radius 3 is 1.22 bits per heavy atom. The summed E-state index contributed by atoms with van der Waals surface area (Å²) in [6.45, 7) is 7.66. The Kier molecular flexibility index (Phi) is 46.9. The van der Waals surface area contributed by atoms with Crippen LogP contribution in [0.25, 0.3) is 0 Å². The summed E-state index contributed by atoms with van der Waals surface area (Å²) >= 11 is 0. The summed E-state index contributed by atoms with van der Waals surface area (Å²) in [6, 6.07) is 0.